The molecule has 0 saturated heterocycles. The van der Waals surface area contributed by atoms with Crippen LogP contribution in [0.1, 0.15) is 12.0 Å². The Morgan fingerprint density at radius 2 is 1.90 bits per heavy atom. The molecular formula is C20H25FN2O5S2. The predicted octanol–water partition coefficient (Wildman–Crippen LogP) is 2.56. The Kier molecular flexibility index (Phi) is 8.94. The molecule has 0 aliphatic rings. The summed E-state index contributed by atoms with van der Waals surface area (Å²) in [5, 5.41) is 2.72. The Labute approximate surface area is 180 Å². The summed E-state index contributed by atoms with van der Waals surface area (Å²) in [6, 6.07) is 9.15. The van der Waals surface area contributed by atoms with Crippen LogP contribution in [0.3, 0.4) is 0 Å². The van der Waals surface area contributed by atoms with Crippen molar-refractivity contribution in [2.45, 2.75) is 23.9 Å². The van der Waals surface area contributed by atoms with E-state index in [1.54, 1.807) is 18.2 Å². The van der Waals surface area contributed by atoms with Crippen LogP contribution in [0.4, 0.5) is 4.39 Å². The highest BCUT2D eigenvalue weighted by molar-refractivity contribution is 7.98. The van der Waals surface area contributed by atoms with Gasteiger partial charge in [0.1, 0.15) is 28.3 Å². The Morgan fingerprint density at radius 3 is 2.53 bits per heavy atom. The van der Waals surface area contributed by atoms with E-state index in [-0.39, 0.29) is 13.0 Å². The maximum Gasteiger partial charge on any atom is 0.244 e. The summed E-state index contributed by atoms with van der Waals surface area (Å²) in [6.45, 7) is 0.128. The van der Waals surface area contributed by atoms with Crippen LogP contribution in [0, 0.1) is 5.82 Å². The topological polar surface area (TPSA) is 93.7 Å². The highest BCUT2D eigenvalue weighted by Gasteiger charge is 2.27. The third kappa shape index (κ3) is 6.35. The molecule has 30 heavy (non-hydrogen) atoms. The fraction of sp³-hybridized carbons (Fsp3) is 0.350. The van der Waals surface area contributed by atoms with Gasteiger partial charge in [-0.2, -0.15) is 16.5 Å². The number of carbonyl (C=O) groups excluding carboxylic acids is 1. The van der Waals surface area contributed by atoms with Crippen molar-refractivity contribution in [1.82, 2.24) is 10.0 Å². The Balaban J connectivity index is 2.15. The normalized spacial score (nSPS) is 12.3. The summed E-state index contributed by atoms with van der Waals surface area (Å²) >= 11 is 1.47. The molecule has 0 radical (unpaired) electrons. The number of benzene rings is 2. The lowest BCUT2D eigenvalue weighted by Gasteiger charge is -2.19. The number of halogens is 1. The maximum absolute atomic E-state index is 14.0. The zero-order valence-corrected chi connectivity index (χ0v) is 18.6. The van der Waals surface area contributed by atoms with Crippen LogP contribution in [-0.2, 0) is 21.4 Å². The van der Waals surface area contributed by atoms with Crippen LogP contribution in [0.25, 0.3) is 0 Å². The first kappa shape index (κ1) is 24.0. The van der Waals surface area contributed by atoms with E-state index in [4.69, 9.17) is 9.47 Å². The lowest BCUT2D eigenvalue weighted by Crippen LogP contribution is -2.47. The van der Waals surface area contributed by atoms with Crippen LogP contribution >= 0.6 is 11.8 Å². The number of ether oxygens (including phenoxy) is 2. The lowest BCUT2D eigenvalue weighted by atomic mass is 10.1. The zero-order chi connectivity index (χ0) is 22.1. The van der Waals surface area contributed by atoms with Crippen LogP contribution in [0.2, 0.25) is 0 Å². The van der Waals surface area contributed by atoms with E-state index >= 15 is 0 Å². The first-order valence-corrected chi connectivity index (χ1v) is 11.9. The van der Waals surface area contributed by atoms with Crippen LogP contribution in [-0.4, -0.2) is 46.6 Å². The number of hydrogen-bond donors (Lipinski definition) is 2. The highest BCUT2D eigenvalue weighted by atomic mass is 32.2. The molecule has 0 aromatic heterocycles. The van der Waals surface area contributed by atoms with Gasteiger partial charge in [0, 0.05) is 18.2 Å². The predicted molar refractivity (Wildman–Crippen MR) is 115 cm³/mol. The number of rotatable bonds is 11. The number of amides is 1. The molecule has 1 unspecified atom stereocenters. The Bertz CT molecular complexity index is 969. The minimum absolute atomic E-state index is 0.128. The van der Waals surface area contributed by atoms with Crippen molar-refractivity contribution < 1.29 is 27.1 Å². The van der Waals surface area contributed by atoms with Crippen LogP contribution < -0.4 is 19.5 Å². The largest absolute Gasteiger partial charge is 0.497 e. The summed E-state index contributed by atoms with van der Waals surface area (Å²) in [7, 11) is -1.17. The third-order valence-corrected chi connectivity index (χ3v) is 6.45. The molecule has 0 saturated carbocycles. The molecule has 1 atom stereocenters. The second-order valence-corrected chi connectivity index (χ2v) is 8.95. The molecule has 164 valence electrons. The van der Waals surface area contributed by atoms with Gasteiger partial charge in [0.25, 0.3) is 0 Å². The van der Waals surface area contributed by atoms with Gasteiger partial charge in [-0.3, -0.25) is 4.79 Å². The van der Waals surface area contributed by atoms with E-state index in [2.05, 4.69) is 10.0 Å². The molecule has 2 aromatic carbocycles. The van der Waals surface area contributed by atoms with Gasteiger partial charge in [0.2, 0.25) is 15.9 Å². The molecule has 2 aromatic rings. The van der Waals surface area contributed by atoms with Gasteiger partial charge >= 0.3 is 0 Å². The molecule has 2 N–H and O–H groups in total. The molecule has 0 aliphatic carbocycles. The average molecular weight is 457 g/mol. The summed E-state index contributed by atoms with van der Waals surface area (Å²) < 4.78 is 51.9. The first-order valence-electron chi connectivity index (χ1n) is 9.06. The Hall–Kier alpha value is -2.30. The van der Waals surface area contributed by atoms with E-state index < -0.39 is 32.7 Å². The second-order valence-electron chi connectivity index (χ2n) is 6.28. The third-order valence-electron chi connectivity index (χ3n) is 4.30. The number of carbonyl (C=O) groups is 1. The molecule has 7 nitrogen and oxygen atoms in total. The quantitative estimate of drug-likeness (QED) is 0.540. The van der Waals surface area contributed by atoms with Gasteiger partial charge in [-0.15, -0.1) is 0 Å². The van der Waals surface area contributed by atoms with Crippen molar-refractivity contribution in [2.24, 2.45) is 0 Å². The fourth-order valence-electron chi connectivity index (χ4n) is 2.70. The van der Waals surface area contributed by atoms with E-state index in [0.29, 0.717) is 22.8 Å². The molecule has 0 spiro atoms. The van der Waals surface area contributed by atoms with Gasteiger partial charge in [-0.1, -0.05) is 12.1 Å². The van der Waals surface area contributed by atoms with Crippen LogP contribution in [0.5, 0.6) is 11.5 Å². The van der Waals surface area contributed by atoms with Crippen molar-refractivity contribution in [1.29, 1.82) is 0 Å². The van der Waals surface area contributed by atoms with Crippen molar-refractivity contribution in [2.75, 3.05) is 26.2 Å². The standard InChI is InChI=1S/C20H25FN2O5S2/c1-27-15-9-8-14(18(12-15)28-2)13-22-20(24)17(10-11-29-3)23-30(25,26)19-7-5-4-6-16(19)21/h4-9,12,17,23H,10-11,13H2,1-3H3,(H,22,24). The molecule has 10 heteroatoms. The maximum atomic E-state index is 14.0. The number of sulfonamides is 1. The molecule has 1 amide bonds. The zero-order valence-electron chi connectivity index (χ0n) is 17.0. The van der Waals surface area contributed by atoms with Gasteiger partial charge < -0.3 is 14.8 Å². The highest BCUT2D eigenvalue weighted by Crippen LogP contribution is 2.24. The average Bonchev–Trinajstić information content (AvgIpc) is 2.74. The minimum Gasteiger partial charge on any atom is -0.497 e. The molecule has 0 bridgehead atoms. The smallest absolute Gasteiger partial charge is 0.244 e. The number of hydrogen-bond acceptors (Lipinski definition) is 6. The Morgan fingerprint density at radius 1 is 1.17 bits per heavy atom. The number of nitrogens with one attached hydrogen (secondary N) is 2. The SMILES string of the molecule is COc1ccc(CNC(=O)C(CCSC)NS(=O)(=O)c2ccccc2F)c(OC)c1. The van der Waals surface area contributed by atoms with Crippen molar-refractivity contribution in [3.8, 4) is 11.5 Å². The summed E-state index contributed by atoms with van der Waals surface area (Å²) in [5.41, 5.74) is 0.701. The van der Waals surface area contributed by atoms with Gasteiger partial charge in [-0.05, 0) is 42.7 Å². The van der Waals surface area contributed by atoms with E-state index in [1.165, 1.54) is 38.1 Å². The van der Waals surface area contributed by atoms with Crippen LogP contribution in [0.15, 0.2) is 47.4 Å². The van der Waals surface area contributed by atoms with Crippen molar-refractivity contribution >= 4 is 27.7 Å². The number of methoxy groups -OCH3 is 2. The van der Waals surface area contributed by atoms with Crippen molar-refractivity contribution in [3.63, 3.8) is 0 Å². The fourth-order valence-corrected chi connectivity index (χ4v) is 4.48. The monoisotopic (exact) mass is 456 g/mol. The molecular weight excluding hydrogens is 431 g/mol. The summed E-state index contributed by atoms with van der Waals surface area (Å²) in [4.78, 5) is 12.2. The van der Waals surface area contributed by atoms with E-state index in [0.717, 1.165) is 12.1 Å². The van der Waals surface area contributed by atoms with Crippen molar-refractivity contribution in [3.05, 3.63) is 53.8 Å². The lowest BCUT2D eigenvalue weighted by molar-refractivity contribution is -0.122. The minimum atomic E-state index is -4.21. The second kappa shape index (κ2) is 11.2. The summed E-state index contributed by atoms with van der Waals surface area (Å²) in [5.74, 6) is 0.294. The molecule has 2 rings (SSSR count). The van der Waals surface area contributed by atoms with E-state index in [1.807, 2.05) is 6.26 Å². The molecule has 0 aliphatic heterocycles. The summed E-state index contributed by atoms with van der Waals surface area (Å²) in [6.07, 6.45) is 2.10. The number of thioether (sulfide) groups is 1. The van der Waals surface area contributed by atoms with Gasteiger partial charge in [-0.25, -0.2) is 12.8 Å². The first-order chi connectivity index (χ1) is 14.3. The molecule has 0 fully saturated rings. The van der Waals surface area contributed by atoms with Gasteiger partial charge in [0.05, 0.1) is 14.2 Å². The van der Waals surface area contributed by atoms with Gasteiger partial charge in [0.15, 0.2) is 0 Å². The molecule has 0 heterocycles. The van der Waals surface area contributed by atoms with E-state index in [9.17, 15) is 17.6 Å².